The first kappa shape index (κ1) is 14.9. The molecule has 1 N–H and O–H groups in total. The molecule has 2 saturated carbocycles. The average Bonchev–Trinajstić information content (AvgIpc) is 3.11. The molecule has 0 bridgehead atoms. The maximum atomic E-state index is 13.1. The van der Waals surface area contributed by atoms with Gasteiger partial charge in [0.15, 0.2) is 0 Å². The Morgan fingerprint density at radius 1 is 1.05 bits per heavy atom. The van der Waals surface area contributed by atoms with Crippen LogP contribution in [0.25, 0.3) is 0 Å². The van der Waals surface area contributed by atoms with E-state index in [9.17, 15) is 9.59 Å². The topological polar surface area (TPSA) is 49.4 Å². The third-order valence-electron chi connectivity index (χ3n) is 6.08. The number of amides is 2. The zero-order chi connectivity index (χ0) is 14.9. The summed E-state index contributed by atoms with van der Waals surface area (Å²) in [6.45, 7) is 3.72. The first-order valence-corrected chi connectivity index (χ1v) is 8.70. The van der Waals surface area contributed by atoms with Crippen LogP contribution >= 0.6 is 0 Å². The fourth-order valence-electron chi connectivity index (χ4n) is 4.65. The number of hydrogen-bond donors (Lipinski definition) is 1. The predicted octanol–water partition coefficient (Wildman–Crippen LogP) is 2.62. The van der Waals surface area contributed by atoms with Crippen LogP contribution in [-0.2, 0) is 9.59 Å². The van der Waals surface area contributed by atoms with Crippen molar-refractivity contribution in [2.75, 3.05) is 13.1 Å². The van der Waals surface area contributed by atoms with E-state index in [0.29, 0.717) is 18.4 Å². The number of rotatable bonds is 3. The van der Waals surface area contributed by atoms with E-state index >= 15 is 0 Å². The Morgan fingerprint density at radius 3 is 2.29 bits per heavy atom. The van der Waals surface area contributed by atoms with E-state index < -0.39 is 5.54 Å². The van der Waals surface area contributed by atoms with Crippen molar-refractivity contribution in [3.05, 3.63) is 0 Å². The van der Waals surface area contributed by atoms with Gasteiger partial charge in [-0.25, -0.2) is 0 Å². The summed E-state index contributed by atoms with van der Waals surface area (Å²) in [5.74, 6) is 0.260. The summed E-state index contributed by atoms with van der Waals surface area (Å²) in [5, 5.41) is 3.06. The lowest BCUT2D eigenvalue weighted by Crippen LogP contribution is -2.56. The molecular weight excluding hydrogens is 264 g/mol. The molecule has 1 aliphatic heterocycles. The molecule has 1 saturated heterocycles. The maximum Gasteiger partial charge on any atom is 0.248 e. The Hall–Kier alpha value is -1.06. The number of carbonyl (C=O) groups excluding carboxylic acids is 2. The summed E-state index contributed by atoms with van der Waals surface area (Å²) in [5.41, 5.74) is -0.260. The minimum atomic E-state index is -0.568. The normalized spacial score (nSPS) is 28.0. The maximum absolute atomic E-state index is 13.1. The summed E-state index contributed by atoms with van der Waals surface area (Å²) in [4.78, 5) is 27.1. The molecule has 2 amide bonds. The fourth-order valence-corrected chi connectivity index (χ4v) is 4.65. The van der Waals surface area contributed by atoms with Crippen LogP contribution in [0.4, 0.5) is 0 Å². The third-order valence-corrected chi connectivity index (χ3v) is 6.08. The second-order valence-electron chi connectivity index (χ2n) is 7.37. The second kappa shape index (κ2) is 5.62. The summed E-state index contributed by atoms with van der Waals surface area (Å²) in [6.07, 6.45) is 10.4. The largest absolute Gasteiger partial charge is 0.342 e. The number of hydrogen-bond acceptors (Lipinski definition) is 2. The first-order valence-electron chi connectivity index (χ1n) is 8.70. The van der Waals surface area contributed by atoms with Crippen LogP contribution in [-0.4, -0.2) is 35.3 Å². The summed E-state index contributed by atoms with van der Waals surface area (Å²) in [7, 11) is 0. The molecule has 0 aromatic heterocycles. The van der Waals surface area contributed by atoms with Gasteiger partial charge in [-0.1, -0.05) is 32.6 Å². The highest BCUT2D eigenvalue weighted by molar-refractivity contribution is 5.93. The van der Waals surface area contributed by atoms with Crippen LogP contribution in [0.2, 0.25) is 0 Å². The van der Waals surface area contributed by atoms with Crippen LogP contribution in [0.5, 0.6) is 0 Å². The molecule has 3 rings (SSSR count). The molecule has 3 aliphatic rings. The highest BCUT2D eigenvalue weighted by Crippen LogP contribution is 2.42. The molecule has 4 heteroatoms. The van der Waals surface area contributed by atoms with Gasteiger partial charge in [-0.15, -0.1) is 0 Å². The fraction of sp³-hybridized carbons (Fsp3) is 0.882. The Kier molecular flexibility index (Phi) is 3.98. The molecule has 4 nitrogen and oxygen atoms in total. The lowest BCUT2D eigenvalue weighted by molar-refractivity contribution is -0.140. The van der Waals surface area contributed by atoms with Crippen molar-refractivity contribution in [1.82, 2.24) is 10.2 Å². The van der Waals surface area contributed by atoms with Gasteiger partial charge in [-0.05, 0) is 37.5 Å². The smallest absolute Gasteiger partial charge is 0.248 e. The molecule has 2 aliphatic carbocycles. The van der Waals surface area contributed by atoms with Crippen LogP contribution in [0.1, 0.15) is 71.1 Å². The molecule has 0 radical (unpaired) electrons. The highest BCUT2D eigenvalue weighted by atomic mass is 16.2. The second-order valence-corrected chi connectivity index (χ2v) is 7.37. The zero-order valence-corrected chi connectivity index (χ0v) is 13.2. The quantitative estimate of drug-likeness (QED) is 0.869. The molecular formula is C17H28N2O2. The Labute approximate surface area is 127 Å². The number of nitrogens with zero attached hydrogens (tertiary/aromatic N) is 1. The van der Waals surface area contributed by atoms with E-state index in [-0.39, 0.29) is 11.8 Å². The first-order chi connectivity index (χ1) is 10.1. The molecule has 0 aromatic carbocycles. The van der Waals surface area contributed by atoms with Crippen molar-refractivity contribution in [2.45, 2.75) is 76.7 Å². The molecule has 3 fully saturated rings. The summed E-state index contributed by atoms with van der Waals surface area (Å²) < 4.78 is 0. The molecule has 0 aromatic rings. The van der Waals surface area contributed by atoms with E-state index in [1.165, 1.54) is 25.7 Å². The van der Waals surface area contributed by atoms with Gasteiger partial charge in [-0.3, -0.25) is 9.59 Å². The molecule has 21 heavy (non-hydrogen) atoms. The minimum absolute atomic E-state index is 0.0599. The summed E-state index contributed by atoms with van der Waals surface area (Å²) in [6, 6.07) is 0. The predicted molar refractivity (Wildman–Crippen MR) is 81.7 cm³/mol. The van der Waals surface area contributed by atoms with Crippen LogP contribution < -0.4 is 5.32 Å². The van der Waals surface area contributed by atoms with Crippen molar-refractivity contribution in [3.8, 4) is 0 Å². The van der Waals surface area contributed by atoms with Crippen LogP contribution in [0.15, 0.2) is 0 Å². The SMILES string of the molecule is CCC1(CN2CCC(=O)NC3(CCCC3)C2=O)CCCC1. The van der Waals surface area contributed by atoms with E-state index in [1.54, 1.807) is 0 Å². The Balaban J connectivity index is 1.80. The molecule has 0 unspecified atom stereocenters. The van der Waals surface area contributed by atoms with Crippen LogP contribution in [0, 0.1) is 5.41 Å². The summed E-state index contributed by atoms with van der Waals surface area (Å²) >= 11 is 0. The lowest BCUT2D eigenvalue weighted by Gasteiger charge is -2.38. The van der Waals surface area contributed by atoms with E-state index in [0.717, 1.165) is 38.6 Å². The van der Waals surface area contributed by atoms with Gasteiger partial charge in [0.25, 0.3) is 0 Å². The number of carbonyl (C=O) groups is 2. The van der Waals surface area contributed by atoms with Gasteiger partial charge in [0.1, 0.15) is 5.54 Å². The van der Waals surface area contributed by atoms with Crippen molar-refractivity contribution in [1.29, 1.82) is 0 Å². The van der Waals surface area contributed by atoms with Gasteiger partial charge in [-0.2, -0.15) is 0 Å². The van der Waals surface area contributed by atoms with Crippen molar-refractivity contribution in [3.63, 3.8) is 0 Å². The standard InChI is InChI=1S/C17H28N2O2/c1-2-16(8-3-4-9-16)13-19-12-7-14(20)18-17(15(19)21)10-5-6-11-17/h2-13H2,1H3,(H,18,20). The zero-order valence-electron chi connectivity index (χ0n) is 13.2. The third kappa shape index (κ3) is 2.69. The Bertz CT molecular complexity index is 421. The van der Waals surface area contributed by atoms with E-state index in [2.05, 4.69) is 12.2 Å². The van der Waals surface area contributed by atoms with Crippen molar-refractivity contribution >= 4 is 11.8 Å². The minimum Gasteiger partial charge on any atom is -0.342 e. The molecule has 0 atom stereocenters. The highest BCUT2D eigenvalue weighted by Gasteiger charge is 2.48. The Morgan fingerprint density at radius 2 is 1.67 bits per heavy atom. The van der Waals surface area contributed by atoms with Gasteiger partial charge in [0, 0.05) is 19.5 Å². The van der Waals surface area contributed by atoms with Gasteiger partial charge in [0.2, 0.25) is 11.8 Å². The average molecular weight is 292 g/mol. The van der Waals surface area contributed by atoms with Gasteiger partial charge >= 0.3 is 0 Å². The van der Waals surface area contributed by atoms with Crippen molar-refractivity contribution < 1.29 is 9.59 Å². The molecule has 118 valence electrons. The number of nitrogens with one attached hydrogen (secondary N) is 1. The molecule has 1 heterocycles. The van der Waals surface area contributed by atoms with Gasteiger partial charge < -0.3 is 10.2 Å². The van der Waals surface area contributed by atoms with Gasteiger partial charge in [0.05, 0.1) is 0 Å². The molecule has 1 spiro atoms. The lowest BCUT2D eigenvalue weighted by atomic mass is 9.82. The monoisotopic (exact) mass is 292 g/mol. The van der Waals surface area contributed by atoms with E-state index in [1.807, 2.05) is 4.90 Å². The van der Waals surface area contributed by atoms with Crippen molar-refractivity contribution in [2.24, 2.45) is 5.41 Å². The van der Waals surface area contributed by atoms with E-state index in [4.69, 9.17) is 0 Å². The van der Waals surface area contributed by atoms with Crippen LogP contribution in [0.3, 0.4) is 0 Å².